The van der Waals surface area contributed by atoms with Gasteiger partial charge in [-0.05, 0) is 46.1 Å². The molecule has 0 saturated heterocycles. The Morgan fingerprint density at radius 1 is 1.53 bits per heavy atom. The van der Waals surface area contributed by atoms with E-state index < -0.39 is 5.97 Å². The molecule has 0 spiro atoms. The van der Waals surface area contributed by atoms with Gasteiger partial charge in [0.05, 0.1) is 12.8 Å². The standard InChI is InChI=1S/C13H22N4O2/c1-9(7-8-17(2)3)15-12-10(14)5-6-11(16-12)13(18)19-4/h5-6,9H,7-8,14H2,1-4H3,(H,15,16). The maximum atomic E-state index is 11.4. The highest BCUT2D eigenvalue weighted by molar-refractivity contribution is 5.88. The van der Waals surface area contributed by atoms with Crippen molar-refractivity contribution in [2.75, 3.05) is 38.8 Å². The lowest BCUT2D eigenvalue weighted by Crippen LogP contribution is -2.24. The van der Waals surface area contributed by atoms with Gasteiger partial charge in [-0.15, -0.1) is 0 Å². The Balaban J connectivity index is 2.73. The summed E-state index contributed by atoms with van der Waals surface area (Å²) in [5, 5.41) is 3.21. The first-order valence-corrected chi connectivity index (χ1v) is 6.20. The summed E-state index contributed by atoms with van der Waals surface area (Å²) in [4.78, 5) is 17.7. The molecular weight excluding hydrogens is 244 g/mol. The lowest BCUT2D eigenvalue weighted by atomic mass is 10.2. The van der Waals surface area contributed by atoms with Crippen LogP contribution in [0.3, 0.4) is 0 Å². The number of methoxy groups -OCH3 is 1. The number of anilines is 2. The van der Waals surface area contributed by atoms with Crippen molar-refractivity contribution in [1.29, 1.82) is 0 Å². The smallest absolute Gasteiger partial charge is 0.356 e. The number of ether oxygens (including phenoxy) is 1. The zero-order valence-electron chi connectivity index (χ0n) is 11.9. The fourth-order valence-electron chi connectivity index (χ4n) is 1.56. The number of nitrogens with two attached hydrogens (primary N) is 1. The molecule has 1 unspecified atom stereocenters. The van der Waals surface area contributed by atoms with E-state index in [1.54, 1.807) is 12.1 Å². The van der Waals surface area contributed by atoms with E-state index in [1.165, 1.54) is 7.11 Å². The first-order chi connectivity index (χ1) is 8.93. The minimum absolute atomic E-state index is 0.213. The summed E-state index contributed by atoms with van der Waals surface area (Å²) in [5.74, 6) is 0.0538. The van der Waals surface area contributed by atoms with Gasteiger partial charge in [-0.25, -0.2) is 9.78 Å². The van der Waals surface area contributed by atoms with Gasteiger partial charge in [-0.1, -0.05) is 0 Å². The van der Waals surface area contributed by atoms with Gasteiger partial charge >= 0.3 is 5.97 Å². The summed E-state index contributed by atoms with van der Waals surface area (Å²) in [5.41, 5.74) is 6.61. The zero-order valence-corrected chi connectivity index (χ0v) is 11.9. The van der Waals surface area contributed by atoms with Gasteiger partial charge in [0.2, 0.25) is 0 Å². The van der Waals surface area contributed by atoms with Crippen molar-refractivity contribution in [3.63, 3.8) is 0 Å². The number of carbonyl (C=O) groups excluding carboxylic acids is 1. The molecule has 0 aliphatic rings. The predicted molar refractivity (Wildman–Crippen MR) is 76.2 cm³/mol. The molecule has 0 aliphatic carbocycles. The third-order valence-electron chi connectivity index (χ3n) is 2.71. The van der Waals surface area contributed by atoms with Crippen LogP contribution in [0.25, 0.3) is 0 Å². The first kappa shape index (κ1) is 15.2. The Bertz CT molecular complexity index is 435. The van der Waals surface area contributed by atoms with E-state index in [0.29, 0.717) is 11.5 Å². The molecule has 6 heteroatoms. The number of esters is 1. The van der Waals surface area contributed by atoms with Crippen molar-refractivity contribution in [3.8, 4) is 0 Å². The molecule has 6 nitrogen and oxygen atoms in total. The number of nitrogen functional groups attached to an aromatic ring is 1. The average molecular weight is 266 g/mol. The largest absolute Gasteiger partial charge is 0.464 e. The summed E-state index contributed by atoms with van der Waals surface area (Å²) in [7, 11) is 5.38. The van der Waals surface area contributed by atoms with Gasteiger partial charge < -0.3 is 20.7 Å². The second-order valence-electron chi connectivity index (χ2n) is 4.76. The van der Waals surface area contributed by atoms with Crippen LogP contribution in [0.1, 0.15) is 23.8 Å². The molecule has 106 valence electrons. The molecule has 1 aromatic heterocycles. The lowest BCUT2D eigenvalue weighted by molar-refractivity contribution is 0.0594. The molecule has 1 atom stereocenters. The molecule has 19 heavy (non-hydrogen) atoms. The Morgan fingerprint density at radius 3 is 2.79 bits per heavy atom. The number of carbonyl (C=O) groups is 1. The number of hydrogen-bond donors (Lipinski definition) is 2. The third kappa shape index (κ3) is 4.75. The van der Waals surface area contributed by atoms with Crippen molar-refractivity contribution in [1.82, 2.24) is 9.88 Å². The van der Waals surface area contributed by atoms with Gasteiger partial charge in [0.25, 0.3) is 0 Å². The Morgan fingerprint density at radius 2 is 2.21 bits per heavy atom. The van der Waals surface area contributed by atoms with Gasteiger partial charge in [0.15, 0.2) is 5.69 Å². The van der Waals surface area contributed by atoms with Crippen LogP contribution in [-0.4, -0.2) is 49.6 Å². The van der Waals surface area contributed by atoms with Gasteiger partial charge in [-0.2, -0.15) is 0 Å². The first-order valence-electron chi connectivity index (χ1n) is 6.20. The van der Waals surface area contributed by atoms with Crippen LogP contribution in [0.4, 0.5) is 11.5 Å². The quantitative estimate of drug-likeness (QED) is 0.753. The molecule has 0 aromatic carbocycles. The van der Waals surface area contributed by atoms with Crippen molar-refractivity contribution in [3.05, 3.63) is 17.8 Å². The van der Waals surface area contributed by atoms with Crippen molar-refractivity contribution in [2.24, 2.45) is 0 Å². The second-order valence-corrected chi connectivity index (χ2v) is 4.76. The number of rotatable bonds is 6. The van der Waals surface area contributed by atoms with E-state index in [-0.39, 0.29) is 11.7 Å². The molecule has 1 aromatic rings. The molecule has 0 amide bonds. The average Bonchev–Trinajstić information content (AvgIpc) is 2.38. The van der Waals surface area contributed by atoms with Crippen LogP contribution in [-0.2, 0) is 4.74 Å². The van der Waals surface area contributed by atoms with E-state index in [9.17, 15) is 4.79 Å². The number of pyridine rings is 1. The number of hydrogen-bond acceptors (Lipinski definition) is 6. The molecule has 0 radical (unpaired) electrons. The SMILES string of the molecule is COC(=O)c1ccc(N)c(NC(C)CCN(C)C)n1. The van der Waals surface area contributed by atoms with Crippen molar-refractivity contribution < 1.29 is 9.53 Å². The summed E-state index contributed by atoms with van der Waals surface area (Å²) in [6.45, 7) is 3.01. The van der Waals surface area contributed by atoms with Crippen LogP contribution < -0.4 is 11.1 Å². The maximum absolute atomic E-state index is 11.4. The molecule has 0 bridgehead atoms. The molecule has 0 saturated carbocycles. The highest BCUT2D eigenvalue weighted by atomic mass is 16.5. The Hall–Kier alpha value is -1.82. The number of nitrogens with one attached hydrogen (secondary N) is 1. The van der Waals surface area contributed by atoms with Crippen LogP contribution in [0.5, 0.6) is 0 Å². The molecule has 1 rings (SSSR count). The van der Waals surface area contributed by atoms with E-state index >= 15 is 0 Å². The fourth-order valence-corrected chi connectivity index (χ4v) is 1.56. The number of nitrogens with zero attached hydrogens (tertiary/aromatic N) is 2. The van der Waals surface area contributed by atoms with E-state index in [1.807, 2.05) is 14.1 Å². The summed E-state index contributed by atoms with van der Waals surface area (Å²) >= 11 is 0. The highest BCUT2D eigenvalue weighted by Gasteiger charge is 2.12. The Labute approximate surface area is 113 Å². The number of aromatic nitrogens is 1. The molecule has 3 N–H and O–H groups in total. The van der Waals surface area contributed by atoms with Gasteiger partial charge in [-0.3, -0.25) is 0 Å². The maximum Gasteiger partial charge on any atom is 0.356 e. The molecule has 1 heterocycles. The lowest BCUT2D eigenvalue weighted by Gasteiger charge is -2.18. The summed E-state index contributed by atoms with van der Waals surface area (Å²) < 4.78 is 4.64. The molecule has 0 aliphatic heterocycles. The summed E-state index contributed by atoms with van der Waals surface area (Å²) in [6.07, 6.45) is 0.955. The second kappa shape index (κ2) is 6.94. The van der Waals surface area contributed by atoms with Crippen LogP contribution in [0.15, 0.2) is 12.1 Å². The van der Waals surface area contributed by atoms with E-state index in [0.717, 1.165) is 13.0 Å². The zero-order chi connectivity index (χ0) is 14.4. The fraction of sp³-hybridized carbons (Fsp3) is 0.538. The van der Waals surface area contributed by atoms with Gasteiger partial charge in [0, 0.05) is 6.04 Å². The van der Waals surface area contributed by atoms with Gasteiger partial charge in [0.1, 0.15) is 5.82 Å². The normalized spacial score (nSPS) is 12.3. The molecular formula is C13H22N4O2. The van der Waals surface area contributed by atoms with E-state index in [4.69, 9.17) is 5.73 Å². The third-order valence-corrected chi connectivity index (χ3v) is 2.71. The van der Waals surface area contributed by atoms with Crippen LogP contribution in [0, 0.1) is 0 Å². The summed E-state index contributed by atoms with van der Waals surface area (Å²) in [6, 6.07) is 3.42. The monoisotopic (exact) mass is 266 g/mol. The van der Waals surface area contributed by atoms with Crippen molar-refractivity contribution >= 4 is 17.5 Å². The van der Waals surface area contributed by atoms with Crippen molar-refractivity contribution in [2.45, 2.75) is 19.4 Å². The minimum Gasteiger partial charge on any atom is -0.464 e. The minimum atomic E-state index is -0.469. The highest BCUT2D eigenvalue weighted by Crippen LogP contribution is 2.17. The molecule has 0 fully saturated rings. The van der Waals surface area contributed by atoms with E-state index in [2.05, 4.69) is 26.9 Å². The van der Waals surface area contributed by atoms with Crippen LogP contribution in [0.2, 0.25) is 0 Å². The van der Waals surface area contributed by atoms with Crippen LogP contribution >= 0.6 is 0 Å². The predicted octanol–water partition coefficient (Wildman–Crippen LogP) is 1.20. The Kier molecular flexibility index (Phi) is 5.57. The topological polar surface area (TPSA) is 80.5 Å².